The molecule has 1 N–H and O–H groups in total. The number of ether oxygens (including phenoxy) is 2. The number of hydrogen-bond donors (Lipinski definition) is 1. The van der Waals surface area contributed by atoms with Crippen LogP contribution >= 0.6 is 0 Å². The van der Waals surface area contributed by atoms with Gasteiger partial charge in [-0.05, 0) is 45.6 Å². The highest BCUT2D eigenvalue weighted by atomic mass is 16.6. The Hall–Kier alpha value is -3.69. The van der Waals surface area contributed by atoms with E-state index in [1.165, 1.54) is 0 Å². The first-order valence-corrected chi connectivity index (χ1v) is 15.3. The fourth-order valence-electron chi connectivity index (χ4n) is 6.47. The van der Waals surface area contributed by atoms with Gasteiger partial charge in [0.05, 0.1) is 30.7 Å². The minimum atomic E-state index is -1.06. The summed E-state index contributed by atoms with van der Waals surface area (Å²) in [7, 11) is 1.61. The first-order chi connectivity index (χ1) is 20.6. The van der Waals surface area contributed by atoms with Gasteiger partial charge < -0.3 is 28.9 Å². The summed E-state index contributed by atoms with van der Waals surface area (Å²) in [4.78, 5) is 35.8. The molecular formula is C34H44N4O5. The molecule has 9 heteroatoms. The second-order valence-electron chi connectivity index (χ2n) is 12.8. The SMILES string of the molecule is COC[C@]1(O)CCCC[C@H]1n1cnc(C(=O)N2CCN(C(=O)OC(C)(C)C)C[C@H]2Cc2ccccc2)c1-c1ccccc1. The van der Waals surface area contributed by atoms with E-state index in [0.717, 1.165) is 30.4 Å². The summed E-state index contributed by atoms with van der Waals surface area (Å²) in [5, 5.41) is 11.7. The Morgan fingerprint density at radius 1 is 1.02 bits per heavy atom. The molecule has 1 saturated carbocycles. The first-order valence-electron chi connectivity index (χ1n) is 15.3. The number of imidazole rings is 1. The summed E-state index contributed by atoms with van der Waals surface area (Å²) in [5.41, 5.74) is 1.31. The lowest BCUT2D eigenvalue weighted by Gasteiger charge is -2.42. The lowest BCUT2D eigenvalue weighted by atomic mass is 9.80. The minimum Gasteiger partial charge on any atom is -0.444 e. The van der Waals surface area contributed by atoms with Crippen LogP contribution in [0, 0.1) is 0 Å². The van der Waals surface area contributed by atoms with Crippen molar-refractivity contribution >= 4 is 12.0 Å². The van der Waals surface area contributed by atoms with Crippen molar-refractivity contribution in [1.29, 1.82) is 0 Å². The number of aliphatic hydroxyl groups is 1. The summed E-state index contributed by atoms with van der Waals surface area (Å²) in [6.07, 6.45) is 5.18. The van der Waals surface area contributed by atoms with Crippen molar-refractivity contribution in [2.75, 3.05) is 33.4 Å². The molecular weight excluding hydrogens is 544 g/mol. The van der Waals surface area contributed by atoms with E-state index in [-0.39, 0.29) is 30.7 Å². The molecule has 0 unspecified atom stereocenters. The van der Waals surface area contributed by atoms with Gasteiger partial charge in [-0.1, -0.05) is 73.5 Å². The van der Waals surface area contributed by atoms with Gasteiger partial charge in [-0.2, -0.15) is 0 Å². The Morgan fingerprint density at radius 2 is 1.72 bits per heavy atom. The summed E-state index contributed by atoms with van der Waals surface area (Å²) in [6, 6.07) is 19.2. The van der Waals surface area contributed by atoms with Gasteiger partial charge in [0.25, 0.3) is 5.91 Å². The highest BCUT2D eigenvalue weighted by Gasteiger charge is 2.43. The van der Waals surface area contributed by atoms with Crippen LogP contribution in [0.1, 0.15) is 68.5 Å². The molecule has 0 radical (unpaired) electrons. The number of nitrogens with zero attached hydrogens (tertiary/aromatic N) is 4. The maximum absolute atomic E-state index is 14.5. The molecule has 1 aliphatic heterocycles. The van der Waals surface area contributed by atoms with E-state index in [9.17, 15) is 14.7 Å². The predicted molar refractivity (Wildman–Crippen MR) is 165 cm³/mol. The van der Waals surface area contributed by atoms with E-state index in [2.05, 4.69) is 0 Å². The average Bonchev–Trinajstić information content (AvgIpc) is 3.42. The van der Waals surface area contributed by atoms with Crippen molar-refractivity contribution in [3.8, 4) is 11.3 Å². The number of aromatic nitrogens is 2. The van der Waals surface area contributed by atoms with Gasteiger partial charge in [0.15, 0.2) is 5.69 Å². The highest BCUT2D eigenvalue weighted by molar-refractivity contribution is 5.98. The van der Waals surface area contributed by atoms with Gasteiger partial charge in [0, 0.05) is 32.3 Å². The summed E-state index contributed by atoms with van der Waals surface area (Å²) in [6.45, 7) is 6.85. The van der Waals surface area contributed by atoms with E-state index < -0.39 is 11.2 Å². The zero-order valence-electron chi connectivity index (χ0n) is 25.7. The van der Waals surface area contributed by atoms with E-state index >= 15 is 0 Å². The molecule has 230 valence electrons. The van der Waals surface area contributed by atoms with Crippen LogP contribution in [0.4, 0.5) is 4.79 Å². The maximum atomic E-state index is 14.5. The van der Waals surface area contributed by atoms with E-state index in [0.29, 0.717) is 43.9 Å². The molecule has 0 bridgehead atoms. The number of carbonyl (C=O) groups excluding carboxylic acids is 2. The molecule has 1 saturated heterocycles. The number of methoxy groups -OCH3 is 1. The Labute approximate surface area is 254 Å². The molecule has 0 spiro atoms. The summed E-state index contributed by atoms with van der Waals surface area (Å²) >= 11 is 0. The van der Waals surface area contributed by atoms with Gasteiger partial charge in [-0.25, -0.2) is 9.78 Å². The van der Waals surface area contributed by atoms with Crippen LogP contribution < -0.4 is 0 Å². The van der Waals surface area contributed by atoms with Gasteiger partial charge in [0.1, 0.15) is 11.2 Å². The molecule has 2 aliphatic rings. The quantitative estimate of drug-likeness (QED) is 0.400. The van der Waals surface area contributed by atoms with E-state index in [1.54, 1.807) is 18.3 Å². The van der Waals surface area contributed by atoms with Crippen LogP contribution in [-0.2, 0) is 15.9 Å². The first kappa shape index (κ1) is 30.8. The molecule has 3 aromatic rings. The number of benzene rings is 2. The number of hydrogen-bond acceptors (Lipinski definition) is 6. The van der Waals surface area contributed by atoms with Crippen LogP contribution in [-0.4, -0.2) is 87.1 Å². The van der Waals surface area contributed by atoms with E-state index in [4.69, 9.17) is 14.5 Å². The van der Waals surface area contributed by atoms with Crippen LogP contribution in [0.2, 0.25) is 0 Å². The minimum absolute atomic E-state index is 0.187. The van der Waals surface area contributed by atoms with Crippen molar-refractivity contribution in [1.82, 2.24) is 19.4 Å². The maximum Gasteiger partial charge on any atom is 0.410 e. The fourth-order valence-corrected chi connectivity index (χ4v) is 6.47. The second-order valence-corrected chi connectivity index (χ2v) is 12.8. The third-order valence-electron chi connectivity index (χ3n) is 8.44. The molecule has 1 aliphatic carbocycles. The zero-order chi connectivity index (χ0) is 30.6. The molecule has 2 fully saturated rings. The number of amides is 2. The average molecular weight is 589 g/mol. The van der Waals surface area contributed by atoms with Crippen molar-refractivity contribution in [2.45, 2.75) is 76.2 Å². The van der Waals surface area contributed by atoms with Gasteiger partial charge in [-0.3, -0.25) is 4.79 Å². The number of carbonyl (C=O) groups is 2. The highest BCUT2D eigenvalue weighted by Crippen LogP contribution is 2.41. The third kappa shape index (κ3) is 6.94. The summed E-state index contributed by atoms with van der Waals surface area (Å²) < 4.78 is 13.1. The Balaban J connectivity index is 1.51. The predicted octanol–water partition coefficient (Wildman–Crippen LogP) is 5.35. The number of rotatable bonds is 7. The molecule has 2 heterocycles. The lowest BCUT2D eigenvalue weighted by Crippen LogP contribution is -2.58. The molecule has 2 amide bonds. The van der Waals surface area contributed by atoms with Gasteiger partial charge in [0.2, 0.25) is 0 Å². The van der Waals surface area contributed by atoms with E-state index in [1.807, 2.05) is 90.9 Å². The largest absolute Gasteiger partial charge is 0.444 e. The fraction of sp³-hybridized carbons (Fsp3) is 0.500. The van der Waals surface area contributed by atoms with Crippen molar-refractivity contribution < 1.29 is 24.2 Å². The smallest absolute Gasteiger partial charge is 0.410 e. The molecule has 3 atom stereocenters. The molecule has 9 nitrogen and oxygen atoms in total. The van der Waals surface area contributed by atoms with Gasteiger partial charge in [-0.15, -0.1) is 0 Å². The van der Waals surface area contributed by atoms with Crippen molar-refractivity contribution in [2.24, 2.45) is 0 Å². The standard InChI is InChI=1S/C34H44N4O5/c1-33(2,3)43-32(40)36-19-20-37(27(22-36)21-25-13-7-5-8-14-25)31(39)29-30(26-15-9-6-10-16-26)38(24-35-29)28-17-11-12-18-34(28,41)23-42-4/h5-10,13-16,24,27-28,41H,11-12,17-23H2,1-4H3/t27-,28-,34-/m1/s1. The van der Waals surface area contributed by atoms with Crippen molar-refractivity contribution in [3.63, 3.8) is 0 Å². The zero-order valence-corrected chi connectivity index (χ0v) is 25.7. The Bertz CT molecular complexity index is 1380. The normalized spacial score (nSPS) is 22.8. The molecule has 5 rings (SSSR count). The van der Waals surface area contributed by atoms with Crippen LogP contribution in [0.25, 0.3) is 11.3 Å². The van der Waals surface area contributed by atoms with Crippen LogP contribution in [0.15, 0.2) is 67.0 Å². The Morgan fingerprint density at radius 3 is 2.40 bits per heavy atom. The topological polar surface area (TPSA) is 97.1 Å². The monoisotopic (exact) mass is 588 g/mol. The van der Waals surface area contributed by atoms with Gasteiger partial charge >= 0.3 is 6.09 Å². The number of piperazine rings is 1. The van der Waals surface area contributed by atoms with Crippen LogP contribution in [0.3, 0.4) is 0 Å². The van der Waals surface area contributed by atoms with Crippen LogP contribution in [0.5, 0.6) is 0 Å². The van der Waals surface area contributed by atoms with Crippen molar-refractivity contribution in [3.05, 3.63) is 78.2 Å². The Kier molecular flexibility index (Phi) is 9.22. The molecule has 2 aromatic carbocycles. The summed E-state index contributed by atoms with van der Waals surface area (Å²) in [5.74, 6) is -0.187. The lowest BCUT2D eigenvalue weighted by molar-refractivity contribution is -0.0893. The second kappa shape index (κ2) is 12.9. The third-order valence-corrected chi connectivity index (χ3v) is 8.44. The molecule has 43 heavy (non-hydrogen) atoms. The molecule has 1 aromatic heterocycles.